The topological polar surface area (TPSA) is 47.8 Å². The van der Waals surface area contributed by atoms with Gasteiger partial charge in [-0.1, -0.05) is 11.6 Å². The van der Waals surface area contributed by atoms with Gasteiger partial charge in [-0.2, -0.15) is 5.10 Å². The smallest absolute Gasteiger partial charge is 0.166 e. The van der Waals surface area contributed by atoms with E-state index in [0.29, 0.717) is 11.6 Å². The largest absolute Gasteiger partial charge is 0.294 e. The minimum Gasteiger partial charge on any atom is -0.294 e. The third-order valence-electron chi connectivity index (χ3n) is 3.22. The molecule has 0 amide bonds. The Bertz CT molecular complexity index is 616. The van der Waals surface area contributed by atoms with Gasteiger partial charge in [0.25, 0.3) is 0 Å². The summed E-state index contributed by atoms with van der Waals surface area (Å²) in [7, 11) is 1.86. The number of aromatic nitrogens is 3. The Morgan fingerprint density at radius 2 is 2.17 bits per heavy atom. The molecule has 0 saturated carbocycles. The van der Waals surface area contributed by atoms with E-state index in [2.05, 4.69) is 10.1 Å². The number of fused-ring (bicyclic) bond motifs is 1. The van der Waals surface area contributed by atoms with Crippen molar-refractivity contribution in [2.75, 3.05) is 0 Å². The van der Waals surface area contributed by atoms with Crippen molar-refractivity contribution in [3.8, 4) is 11.3 Å². The fraction of sp³-hybridized carbons (Fsp3) is 0.308. The summed E-state index contributed by atoms with van der Waals surface area (Å²) in [6.45, 7) is 0. The average molecular weight is 262 g/mol. The first-order valence-corrected chi connectivity index (χ1v) is 6.25. The molecule has 1 aliphatic rings. The van der Waals surface area contributed by atoms with Crippen molar-refractivity contribution in [3.05, 3.63) is 34.7 Å². The normalized spacial score (nSPS) is 14.7. The number of nitrogens with zero attached hydrogens (tertiary/aromatic N) is 3. The zero-order valence-electron chi connectivity index (χ0n) is 9.98. The number of halogens is 1. The molecule has 0 unspecified atom stereocenters. The maximum atomic E-state index is 12.1. The van der Waals surface area contributed by atoms with Crippen LogP contribution in [0, 0.1) is 0 Å². The second kappa shape index (κ2) is 4.21. The molecule has 18 heavy (non-hydrogen) atoms. The van der Waals surface area contributed by atoms with Crippen LogP contribution in [0.2, 0.25) is 5.15 Å². The molecule has 0 N–H and O–H groups in total. The van der Waals surface area contributed by atoms with Crippen LogP contribution in [-0.2, 0) is 13.5 Å². The van der Waals surface area contributed by atoms with Crippen LogP contribution in [0.5, 0.6) is 0 Å². The minimum absolute atomic E-state index is 0.175. The zero-order valence-corrected chi connectivity index (χ0v) is 10.7. The third kappa shape index (κ3) is 1.73. The third-order valence-corrected chi connectivity index (χ3v) is 3.44. The first-order chi connectivity index (χ1) is 8.66. The monoisotopic (exact) mass is 261 g/mol. The van der Waals surface area contributed by atoms with Crippen molar-refractivity contribution < 1.29 is 4.79 Å². The van der Waals surface area contributed by atoms with Crippen LogP contribution in [0.4, 0.5) is 0 Å². The molecule has 3 rings (SSSR count). The molecule has 2 aromatic heterocycles. The lowest BCUT2D eigenvalue weighted by molar-refractivity contribution is 0.0973. The Balaban J connectivity index is 2.20. The Morgan fingerprint density at radius 1 is 1.33 bits per heavy atom. The molecule has 0 fully saturated rings. The van der Waals surface area contributed by atoms with Gasteiger partial charge in [-0.3, -0.25) is 9.48 Å². The summed E-state index contributed by atoms with van der Waals surface area (Å²) in [5.74, 6) is 0.175. The molecule has 4 nitrogen and oxygen atoms in total. The number of hydrogen-bond donors (Lipinski definition) is 0. The summed E-state index contributed by atoms with van der Waals surface area (Å²) in [6, 6.07) is 3.60. The van der Waals surface area contributed by atoms with E-state index in [9.17, 15) is 4.79 Å². The van der Waals surface area contributed by atoms with Gasteiger partial charge in [0, 0.05) is 25.2 Å². The van der Waals surface area contributed by atoms with Crippen molar-refractivity contribution >= 4 is 17.4 Å². The molecule has 2 aromatic rings. The number of aryl methyl sites for hydroxylation is 2. The van der Waals surface area contributed by atoms with Crippen LogP contribution in [0.3, 0.4) is 0 Å². The summed E-state index contributed by atoms with van der Waals surface area (Å²) in [5.41, 5.74) is 3.39. The highest BCUT2D eigenvalue weighted by atomic mass is 35.5. The molecule has 2 heterocycles. The maximum Gasteiger partial charge on any atom is 0.166 e. The molecule has 0 aliphatic heterocycles. The summed E-state index contributed by atoms with van der Waals surface area (Å²) in [5, 5.41) is 4.88. The molecular formula is C13H12ClN3O. The number of Topliss-reactive ketones (excluding diaryl/α,β-unsaturated/α-hetero) is 1. The van der Waals surface area contributed by atoms with Gasteiger partial charge in [0.15, 0.2) is 5.78 Å². The van der Waals surface area contributed by atoms with E-state index in [1.54, 1.807) is 16.9 Å². The molecule has 0 aromatic carbocycles. The number of rotatable bonds is 1. The Hall–Kier alpha value is -1.68. The summed E-state index contributed by atoms with van der Waals surface area (Å²) >= 11 is 5.78. The van der Waals surface area contributed by atoms with Gasteiger partial charge < -0.3 is 0 Å². The number of carbonyl (C=O) groups is 1. The van der Waals surface area contributed by atoms with Crippen LogP contribution >= 0.6 is 11.6 Å². The lowest BCUT2D eigenvalue weighted by Crippen LogP contribution is -2.10. The van der Waals surface area contributed by atoms with E-state index in [4.69, 9.17) is 11.6 Å². The number of ketones is 1. The van der Waals surface area contributed by atoms with Crippen molar-refractivity contribution in [1.82, 2.24) is 14.8 Å². The Kier molecular flexibility index (Phi) is 2.67. The standard InChI is InChI=1S/C13H12ClN3O/c1-17-13(8-5-6-11(14)15-7-8)12-9(16-17)3-2-4-10(12)18/h5-7H,2-4H2,1H3. The summed E-state index contributed by atoms with van der Waals surface area (Å²) < 4.78 is 1.76. The van der Waals surface area contributed by atoms with Crippen molar-refractivity contribution in [2.24, 2.45) is 7.05 Å². The molecule has 5 heteroatoms. The summed E-state index contributed by atoms with van der Waals surface area (Å²) in [6.07, 6.45) is 4.05. The van der Waals surface area contributed by atoms with E-state index in [1.165, 1.54) is 0 Å². The van der Waals surface area contributed by atoms with Gasteiger partial charge in [-0.25, -0.2) is 4.98 Å². The molecule has 0 saturated heterocycles. The average Bonchev–Trinajstić information content (AvgIpc) is 2.68. The fourth-order valence-electron chi connectivity index (χ4n) is 2.44. The maximum absolute atomic E-state index is 12.1. The van der Waals surface area contributed by atoms with Gasteiger partial charge in [-0.05, 0) is 25.0 Å². The van der Waals surface area contributed by atoms with E-state index in [1.807, 2.05) is 13.1 Å². The SMILES string of the molecule is Cn1nc2c(c1-c1ccc(Cl)nc1)C(=O)CCC2. The van der Waals surface area contributed by atoms with Crippen LogP contribution < -0.4 is 0 Å². The molecule has 1 aliphatic carbocycles. The first-order valence-electron chi connectivity index (χ1n) is 5.88. The van der Waals surface area contributed by atoms with Crippen molar-refractivity contribution in [1.29, 1.82) is 0 Å². The Labute approximate surface area is 110 Å². The highest BCUT2D eigenvalue weighted by molar-refractivity contribution is 6.29. The second-order valence-corrected chi connectivity index (χ2v) is 4.83. The molecule has 0 atom stereocenters. The molecule has 0 bridgehead atoms. The van der Waals surface area contributed by atoms with Gasteiger partial charge in [0.1, 0.15) is 5.15 Å². The zero-order chi connectivity index (χ0) is 12.7. The lowest BCUT2D eigenvalue weighted by atomic mass is 9.93. The predicted molar refractivity (Wildman–Crippen MR) is 68.7 cm³/mol. The van der Waals surface area contributed by atoms with E-state index in [-0.39, 0.29) is 5.78 Å². The van der Waals surface area contributed by atoms with Gasteiger partial charge in [0.05, 0.1) is 17.0 Å². The predicted octanol–water partition coefficient (Wildman–Crippen LogP) is 2.65. The van der Waals surface area contributed by atoms with Crippen molar-refractivity contribution in [2.45, 2.75) is 19.3 Å². The molecule has 0 spiro atoms. The lowest BCUT2D eigenvalue weighted by Gasteiger charge is -2.10. The molecule has 92 valence electrons. The molecular weight excluding hydrogens is 250 g/mol. The van der Waals surface area contributed by atoms with Crippen molar-refractivity contribution in [3.63, 3.8) is 0 Å². The van der Waals surface area contributed by atoms with Crippen LogP contribution in [0.25, 0.3) is 11.3 Å². The molecule has 0 radical (unpaired) electrons. The highest BCUT2D eigenvalue weighted by Crippen LogP contribution is 2.31. The highest BCUT2D eigenvalue weighted by Gasteiger charge is 2.26. The number of carbonyl (C=O) groups excluding carboxylic acids is 1. The number of pyridine rings is 1. The second-order valence-electron chi connectivity index (χ2n) is 4.44. The van der Waals surface area contributed by atoms with E-state index < -0.39 is 0 Å². The first kappa shape index (κ1) is 11.4. The van der Waals surface area contributed by atoms with Gasteiger partial charge in [-0.15, -0.1) is 0 Å². The van der Waals surface area contributed by atoms with E-state index in [0.717, 1.165) is 35.4 Å². The van der Waals surface area contributed by atoms with Gasteiger partial charge in [0.2, 0.25) is 0 Å². The van der Waals surface area contributed by atoms with Crippen LogP contribution in [0.15, 0.2) is 18.3 Å². The van der Waals surface area contributed by atoms with E-state index >= 15 is 0 Å². The van der Waals surface area contributed by atoms with Crippen LogP contribution in [-0.4, -0.2) is 20.5 Å². The minimum atomic E-state index is 0.175. The Morgan fingerprint density at radius 3 is 2.89 bits per heavy atom. The number of hydrogen-bond acceptors (Lipinski definition) is 3. The quantitative estimate of drug-likeness (QED) is 0.742. The fourth-order valence-corrected chi connectivity index (χ4v) is 2.55. The van der Waals surface area contributed by atoms with Gasteiger partial charge >= 0.3 is 0 Å². The van der Waals surface area contributed by atoms with Crippen LogP contribution in [0.1, 0.15) is 28.9 Å². The summed E-state index contributed by atoms with van der Waals surface area (Å²) in [4.78, 5) is 16.1.